The van der Waals surface area contributed by atoms with Gasteiger partial charge in [0.1, 0.15) is 5.15 Å². The molecule has 1 aliphatic heterocycles. The van der Waals surface area contributed by atoms with Crippen LogP contribution >= 0.6 is 11.6 Å². The van der Waals surface area contributed by atoms with Gasteiger partial charge in [0.05, 0.1) is 11.3 Å². The molecule has 1 amide bonds. The molecule has 0 bridgehead atoms. The Morgan fingerprint density at radius 2 is 1.88 bits per heavy atom. The minimum absolute atomic E-state index is 0.154. The lowest BCUT2D eigenvalue weighted by atomic mass is 10.2. The highest BCUT2D eigenvalue weighted by Crippen LogP contribution is 2.18. The van der Waals surface area contributed by atoms with Gasteiger partial charge < -0.3 is 10.2 Å². The van der Waals surface area contributed by atoms with Crippen LogP contribution in [0.1, 0.15) is 16.1 Å². The fourth-order valence-corrected chi connectivity index (χ4v) is 3.43. The Labute approximate surface area is 153 Å². The van der Waals surface area contributed by atoms with Gasteiger partial charge in [-0.15, -0.1) is 0 Å². The zero-order valence-electron chi connectivity index (χ0n) is 14.7. The van der Waals surface area contributed by atoms with Crippen molar-refractivity contribution in [2.75, 3.05) is 44.2 Å². The van der Waals surface area contributed by atoms with Crippen LogP contribution in [0.15, 0.2) is 30.3 Å². The van der Waals surface area contributed by atoms with Gasteiger partial charge in [-0.3, -0.25) is 14.4 Å². The number of benzene rings is 1. The smallest absolute Gasteiger partial charge is 0.256 e. The highest BCUT2D eigenvalue weighted by molar-refractivity contribution is 6.33. The molecular weight excluding hydrogens is 338 g/mol. The first-order valence-corrected chi connectivity index (χ1v) is 8.93. The maximum Gasteiger partial charge on any atom is 0.256 e. The monoisotopic (exact) mass is 361 g/mol. The van der Waals surface area contributed by atoms with Crippen molar-refractivity contribution in [2.45, 2.75) is 6.92 Å². The number of para-hydroxylation sites is 1. The normalized spacial score (nSPS) is 15.4. The molecule has 1 N–H and O–H groups in total. The van der Waals surface area contributed by atoms with Crippen molar-refractivity contribution in [3.05, 3.63) is 46.7 Å². The number of carbonyl (C=O) groups excluding carboxylic acids is 1. The van der Waals surface area contributed by atoms with Crippen LogP contribution in [0, 0.1) is 6.92 Å². The fraction of sp³-hybridized carbons (Fsp3) is 0.444. The Balaban J connectivity index is 1.44. The van der Waals surface area contributed by atoms with E-state index < -0.39 is 0 Å². The van der Waals surface area contributed by atoms with Gasteiger partial charge >= 0.3 is 0 Å². The van der Waals surface area contributed by atoms with Crippen LogP contribution in [0.25, 0.3) is 0 Å². The van der Waals surface area contributed by atoms with Crippen molar-refractivity contribution < 1.29 is 4.79 Å². The van der Waals surface area contributed by atoms with Gasteiger partial charge in [0, 0.05) is 52.0 Å². The number of hydrogen-bond acceptors (Lipinski definition) is 4. The van der Waals surface area contributed by atoms with E-state index in [1.807, 2.05) is 6.07 Å². The van der Waals surface area contributed by atoms with E-state index >= 15 is 0 Å². The van der Waals surface area contributed by atoms with Gasteiger partial charge in [0.2, 0.25) is 0 Å². The Morgan fingerprint density at radius 1 is 1.20 bits per heavy atom. The molecule has 0 radical (unpaired) electrons. The topological polar surface area (TPSA) is 53.4 Å². The third kappa shape index (κ3) is 4.14. The highest BCUT2D eigenvalue weighted by Gasteiger charge is 2.20. The minimum atomic E-state index is -0.154. The molecule has 3 rings (SSSR count). The van der Waals surface area contributed by atoms with E-state index in [2.05, 4.69) is 44.5 Å². The first-order valence-electron chi connectivity index (χ1n) is 8.56. The molecule has 6 nitrogen and oxygen atoms in total. The molecule has 134 valence electrons. The number of carbonyl (C=O) groups is 1. The van der Waals surface area contributed by atoms with Crippen LogP contribution in [-0.4, -0.2) is 59.9 Å². The second-order valence-corrected chi connectivity index (χ2v) is 6.65. The molecule has 0 unspecified atom stereocenters. The Bertz CT molecular complexity index is 723. The van der Waals surface area contributed by atoms with Gasteiger partial charge in [-0.25, -0.2) is 0 Å². The largest absolute Gasteiger partial charge is 0.369 e. The van der Waals surface area contributed by atoms with Crippen LogP contribution in [0.4, 0.5) is 5.69 Å². The lowest BCUT2D eigenvalue weighted by Crippen LogP contribution is -2.48. The Morgan fingerprint density at radius 3 is 2.48 bits per heavy atom. The number of aryl methyl sites for hydroxylation is 2. The van der Waals surface area contributed by atoms with Crippen molar-refractivity contribution in [3.63, 3.8) is 0 Å². The third-order valence-electron chi connectivity index (χ3n) is 4.59. The molecule has 1 aromatic carbocycles. The average Bonchev–Trinajstić information content (AvgIpc) is 2.88. The molecule has 2 heterocycles. The first-order chi connectivity index (χ1) is 12.1. The lowest BCUT2D eigenvalue weighted by Gasteiger charge is -2.36. The molecule has 1 fully saturated rings. The van der Waals surface area contributed by atoms with Crippen molar-refractivity contribution in [3.8, 4) is 0 Å². The summed E-state index contributed by atoms with van der Waals surface area (Å²) in [6.07, 6.45) is 0. The molecule has 1 aliphatic rings. The summed E-state index contributed by atoms with van der Waals surface area (Å²) < 4.78 is 1.52. The van der Waals surface area contributed by atoms with E-state index in [9.17, 15) is 4.79 Å². The summed E-state index contributed by atoms with van der Waals surface area (Å²) in [4.78, 5) is 17.1. The van der Waals surface area contributed by atoms with Crippen molar-refractivity contribution in [1.29, 1.82) is 0 Å². The molecule has 25 heavy (non-hydrogen) atoms. The van der Waals surface area contributed by atoms with Gasteiger partial charge in [0.15, 0.2) is 0 Å². The van der Waals surface area contributed by atoms with Crippen LogP contribution in [-0.2, 0) is 7.05 Å². The van der Waals surface area contributed by atoms with Crippen LogP contribution in [0.3, 0.4) is 0 Å². The minimum Gasteiger partial charge on any atom is -0.369 e. The molecule has 2 aromatic rings. The van der Waals surface area contributed by atoms with E-state index in [0.717, 1.165) is 32.7 Å². The Kier molecular flexibility index (Phi) is 5.60. The summed E-state index contributed by atoms with van der Waals surface area (Å²) in [6, 6.07) is 10.5. The molecular formula is C18H24ClN5O. The number of anilines is 1. The predicted octanol–water partition coefficient (Wildman–Crippen LogP) is 1.93. The van der Waals surface area contributed by atoms with Gasteiger partial charge in [-0.2, -0.15) is 5.10 Å². The number of hydrogen-bond donors (Lipinski definition) is 1. The molecule has 0 atom stereocenters. The summed E-state index contributed by atoms with van der Waals surface area (Å²) in [7, 11) is 1.73. The summed E-state index contributed by atoms with van der Waals surface area (Å²) in [6.45, 7) is 7.25. The molecule has 0 spiro atoms. The SMILES string of the molecule is Cc1nn(C)c(Cl)c1C(=O)NCCN1CCN(c2ccccc2)CC1. The number of piperazine rings is 1. The summed E-state index contributed by atoms with van der Waals surface area (Å²) >= 11 is 6.13. The zero-order valence-corrected chi connectivity index (χ0v) is 15.5. The number of nitrogens with zero attached hydrogens (tertiary/aromatic N) is 4. The van der Waals surface area contributed by atoms with E-state index in [-0.39, 0.29) is 5.91 Å². The second kappa shape index (κ2) is 7.89. The van der Waals surface area contributed by atoms with Gasteiger partial charge in [-0.05, 0) is 19.1 Å². The first kappa shape index (κ1) is 17.8. The summed E-state index contributed by atoms with van der Waals surface area (Å²) in [5.74, 6) is -0.154. The van der Waals surface area contributed by atoms with Crippen LogP contribution in [0.5, 0.6) is 0 Å². The van der Waals surface area contributed by atoms with Crippen LogP contribution in [0.2, 0.25) is 5.15 Å². The maximum absolute atomic E-state index is 12.3. The number of aromatic nitrogens is 2. The van der Waals surface area contributed by atoms with Crippen molar-refractivity contribution in [1.82, 2.24) is 20.0 Å². The molecule has 7 heteroatoms. The standard InChI is InChI=1S/C18H24ClN5O/c1-14-16(17(19)22(2)21-14)18(25)20-8-9-23-10-12-24(13-11-23)15-6-4-3-5-7-15/h3-7H,8-13H2,1-2H3,(H,20,25). The zero-order chi connectivity index (χ0) is 17.8. The number of halogens is 1. The number of nitrogens with one attached hydrogen (secondary N) is 1. The molecule has 0 saturated carbocycles. The number of rotatable bonds is 5. The maximum atomic E-state index is 12.3. The van der Waals surface area contributed by atoms with Gasteiger partial charge in [-0.1, -0.05) is 29.8 Å². The molecule has 0 aliphatic carbocycles. The van der Waals surface area contributed by atoms with Crippen LogP contribution < -0.4 is 10.2 Å². The quantitative estimate of drug-likeness (QED) is 0.884. The average molecular weight is 362 g/mol. The second-order valence-electron chi connectivity index (χ2n) is 6.29. The summed E-state index contributed by atoms with van der Waals surface area (Å²) in [5, 5.41) is 7.51. The fourth-order valence-electron chi connectivity index (χ4n) is 3.17. The highest BCUT2D eigenvalue weighted by atomic mass is 35.5. The van der Waals surface area contributed by atoms with Crippen molar-refractivity contribution in [2.24, 2.45) is 7.05 Å². The van der Waals surface area contributed by atoms with E-state index in [1.165, 1.54) is 10.4 Å². The van der Waals surface area contributed by atoms with E-state index in [0.29, 0.717) is 23.0 Å². The summed E-state index contributed by atoms with van der Waals surface area (Å²) in [5.41, 5.74) is 2.40. The van der Waals surface area contributed by atoms with Crippen molar-refractivity contribution >= 4 is 23.2 Å². The van der Waals surface area contributed by atoms with E-state index in [1.54, 1.807) is 14.0 Å². The van der Waals surface area contributed by atoms with E-state index in [4.69, 9.17) is 11.6 Å². The third-order valence-corrected chi connectivity index (χ3v) is 5.02. The lowest BCUT2D eigenvalue weighted by molar-refractivity contribution is 0.0947. The van der Waals surface area contributed by atoms with Gasteiger partial charge in [0.25, 0.3) is 5.91 Å². The Hall–Kier alpha value is -2.05. The predicted molar refractivity (Wildman–Crippen MR) is 100 cm³/mol. The molecule has 1 aromatic heterocycles. The molecule has 1 saturated heterocycles. The number of amides is 1.